The number of rotatable bonds is 3. The first-order chi connectivity index (χ1) is 8.61. The second kappa shape index (κ2) is 5.54. The summed E-state index contributed by atoms with van der Waals surface area (Å²) >= 11 is 9.58. The number of aryl methyl sites for hydroxylation is 1. The number of nitrogens with zero attached hydrogens (tertiary/aromatic N) is 2. The van der Waals surface area contributed by atoms with Crippen LogP contribution in [0.4, 0.5) is 17.5 Å². The quantitative estimate of drug-likeness (QED) is 0.895. The first-order valence-corrected chi connectivity index (χ1v) is 6.51. The number of hydrogen-bond donors (Lipinski definition) is 2. The number of hydrogen-bond acceptors (Lipinski definition) is 4. The van der Waals surface area contributed by atoms with Crippen LogP contribution in [-0.2, 0) is 0 Å². The van der Waals surface area contributed by atoms with Crippen LogP contribution in [0.15, 0.2) is 28.9 Å². The molecular weight excluding hydrogens is 316 g/mol. The molecule has 0 radical (unpaired) electrons. The van der Waals surface area contributed by atoms with Gasteiger partial charge in [0.2, 0.25) is 5.95 Å². The third-order valence-electron chi connectivity index (χ3n) is 2.43. The smallest absolute Gasteiger partial charge is 0.224 e. The average molecular weight is 328 g/mol. The van der Waals surface area contributed by atoms with Crippen LogP contribution in [0, 0.1) is 6.92 Å². The molecule has 0 bridgehead atoms. The first-order valence-electron chi connectivity index (χ1n) is 5.34. The second-order valence-corrected chi connectivity index (χ2v) is 4.96. The third kappa shape index (κ3) is 2.73. The normalized spacial score (nSPS) is 10.2. The van der Waals surface area contributed by atoms with Crippen molar-refractivity contribution < 1.29 is 0 Å². The largest absolute Gasteiger partial charge is 0.357 e. The summed E-state index contributed by atoms with van der Waals surface area (Å²) in [5, 5.41) is 6.77. The number of aromatic nitrogens is 2. The van der Waals surface area contributed by atoms with Gasteiger partial charge in [0.1, 0.15) is 5.82 Å². The Morgan fingerprint density at radius 1 is 1.33 bits per heavy atom. The molecule has 2 rings (SSSR count). The summed E-state index contributed by atoms with van der Waals surface area (Å²) in [6.07, 6.45) is 1.69. The Kier molecular flexibility index (Phi) is 4.04. The Hall–Kier alpha value is -1.33. The van der Waals surface area contributed by atoms with Gasteiger partial charge >= 0.3 is 0 Å². The number of halogens is 2. The van der Waals surface area contributed by atoms with E-state index in [9.17, 15) is 0 Å². The van der Waals surface area contributed by atoms with E-state index in [2.05, 4.69) is 36.5 Å². The molecule has 1 aromatic carbocycles. The van der Waals surface area contributed by atoms with Crippen molar-refractivity contribution >= 4 is 45.0 Å². The molecule has 0 aliphatic heterocycles. The Morgan fingerprint density at radius 3 is 2.78 bits per heavy atom. The molecular formula is C12H12BrClN4. The van der Waals surface area contributed by atoms with Crippen LogP contribution in [0.3, 0.4) is 0 Å². The SMILES string of the molecule is CNc1ncc(Br)c(Nc2c(C)cccc2Cl)n1. The van der Waals surface area contributed by atoms with E-state index in [0.29, 0.717) is 16.8 Å². The number of nitrogens with one attached hydrogen (secondary N) is 2. The second-order valence-electron chi connectivity index (χ2n) is 3.70. The van der Waals surface area contributed by atoms with Crippen LogP contribution < -0.4 is 10.6 Å². The lowest BCUT2D eigenvalue weighted by molar-refractivity contribution is 1.14. The summed E-state index contributed by atoms with van der Waals surface area (Å²) in [6.45, 7) is 1.99. The van der Waals surface area contributed by atoms with Gasteiger partial charge < -0.3 is 10.6 Å². The van der Waals surface area contributed by atoms with Gasteiger partial charge in [0.25, 0.3) is 0 Å². The molecule has 2 N–H and O–H groups in total. The zero-order valence-corrected chi connectivity index (χ0v) is 12.3. The molecule has 0 unspecified atom stereocenters. The van der Waals surface area contributed by atoms with Crippen molar-refractivity contribution in [2.24, 2.45) is 0 Å². The molecule has 2 aromatic rings. The fourth-order valence-electron chi connectivity index (χ4n) is 1.48. The highest BCUT2D eigenvalue weighted by atomic mass is 79.9. The van der Waals surface area contributed by atoms with E-state index in [-0.39, 0.29) is 0 Å². The van der Waals surface area contributed by atoms with Crippen LogP contribution in [0.2, 0.25) is 5.02 Å². The molecule has 0 aliphatic carbocycles. The van der Waals surface area contributed by atoms with Gasteiger partial charge in [-0.3, -0.25) is 0 Å². The maximum absolute atomic E-state index is 6.17. The lowest BCUT2D eigenvalue weighted by Crippen LogP contribution is -2.02. The molecule has 0 aliphatic rings. The van der Waals surface area contributed by atoms with Crippen molar-refractivity contribution in [1.82, 2.24) is 9.97 Å². The van der Waals surface area contributed by atoms with Crippen LogP contribution in [-0.4, -0.2) is 17.0 Å². The molecule has 0 fully saturated rings. The number of anilines is 3. The Bertz CT molecular complexity index is 554. The highest BCUT2D eigenvalue weighted by Gasteiger charge is 2.08. The van der Waals surface area contributed by atoms with E-state index >= 15 is 0 Å². The lowest BCUT2D eigenvalue weighted by atomic mass is 10.2. The lowest BCUT2D eigenvalue weighted by Gasteiger charge is -2.12. The standard InChI is InChI=1S/C12H12BrClN4/c1-7-4-3-5-9(14)10(7)17-11-8(13)6-16-12(15-2)18-11/h3-6H,1-2H3,(H2,15,16,17,18). The summed E-state index contributed by atoms with van der Waals surface area (Å²) in [4.78, 5) is 8.43. The van der Waals surface area contributed by atoms with E-state index in [1.807, 2.05) is 25.1 Å². The molecule has 94 valence electrons. The van der Waals surface area contributed by atoms with Crippen molar-refractivity contribution in [1.29, 1.82) is 0 Å². The van der Waals surface area contributed by atoms with Gasteiger partial charge in [-0.2, -0.15) is 4.98 Å². The predicted octanol–water partition coefficient (Wildman–Crippen LogP) is 3.99. The zero-order chi connectivity index (χ0) is 13.1. The minimum atomic E-state index is 0.547. The zero-order valence-electron chi connectivity index (χ0n) is 9.96. The van der Waals surface area contributed by atoms with E-state index in [4.69, 9.17) is 11.6 Å². The van der Waals surface area contributed by atoms with E-state index in [0.717, 1.165) is 15.7 Å². The summed E-state index contributed by atoms with van der Waals surface area (Å²) in [6, 6.07) is 5.74. The molecule has 4 nitrogen and oxygen atoms in total. The van der Waals surface area contributed by atoms with Gasteiger partial charge in [-0.05, 0) is 34.5 Å². The van der Waals surface area contributed by atoms with E-state index in [1.165, 1.54) is 0 Å². The van der Waals surface area contributed by atoms with Crippen LogP contribution in [0.5, 0.6) is 0 Å². The fraction of sp³-hybridized carbons (Fsp3) is 0.167. The fourth-order valence-corrected chi connectivity index (χ4v) is 2.04. The minimum absolute atomic E-state index is 0.547. The predicted molar refractivity (Wildman–Crippen MR) is 78.8 cm³/mol. The van der Waals surface area contributed by atoms with Gasteiger partial charge in [-0.1, -0.05) is 23.7 Å². The highest BCUT2D eigenvalue weighted by molar-refractivity contribution is 9.10. The van der Waals surface area contributed by atoms with Crippen LogP contribution >= 0.6 is 27.5 Å². The highest BCUT2D eigenvalue weighted by Crippen LogP contribution is 2.31. The summed E-state index contributed by atoms with van der Waals surface area (Å²) in [5.74, 6) is 1.22. The van der Waals surface area contributed by atoms with Crippen molar-refractivity contribution in [3.8, 4) is 0 Å². The van der Waals surface area contributed by atoms with Gasteiger partial charge in [-0.25, -0.2) is 4.98 Å². The van der Waals surface area contributed by atoms with Crippen molar-refractivity contribution in [3.05, 3.63) is 39.5 Å². The van der Waals surface area contributed by atoms with Crippen LogP contribution in [0.25, 0.3) is 0 Å². The maximum Gasteiger partial charge on any atom is 0.224 e. The number of benzene rings is 1. The van der Waals surface area contributed by atoms with Crippen molar-refractivity contribution in [3.63, 3.8) is 0 Å². The number of para-hydroxylation sites is 1. The van der Waals surface area contributed by atoms with E-state index < -0.39 is 0 Å². The summed E-state index contributed by atoms with van der Waals surface area (Å²) in [5.41, 5.74) is 1.90. The maximum atomic E-state index is 6.17. The molecule has 0 amide bonds. The average Bonchev–Trinajstić information content (AvgIpc) is 2.36. The van der Waals surface area contributed by atoms with Crippen molar-refractivity contribution in [2.45, 2.75) is 6.92 Å². The molecule has 0 spiro atoms. The summed E-state index contributed by atoms with van der Waals surface area (Å²) in [7, 11) is 1.77. The van der Waals surface area contributed by atoms with Crippen LogP contribution in [0.1, 0.15) is 5.56 Å². The van der Waals surface area contributed by atoms with Crippen molar-refractivity contribution in [2.75, 3.05) is 17.7 Å². The minimum Gasteiger partial charge on any atom is -0.357 e. The molecule has 6 heteroatoms. The van der Waals surface area contributed by atoms with Gasteiger partial charge in [0, 0.05) is 13.2 Å². The first kappa shape index (κ1) is 13.1. The van der Waals surface area contributed by atoms with Gasteiger partial charge in [-0.15, -0.1) is 0 Å². The topological polar surface area (TPSA) is 49.8 Å². The monoisotopic (exact) mass is 326 g/mol. The summed E-state index contributed by atoms with van der Waals surface area (Å²) < 4.78 is 0.779. The molecule has 0 saturated heterocycles. The molecule has 18 heavy (non-hydrogen) atoms. The molecule has 1 heterocycles. The van der Waals surface area contributed by atoms with Gasteiger partial charge in [0.15, 0.2) is 0 Å². The molecule has 0 atom stereocenters. The van der Waals surface area contributed by atoms with Gasteiger partial charge in [0.05, 0.1) is 15.2 Å². The Balaban J connectivity index is 2.39. The Morgan fingerprint density at radius 2 is 2.11 bits per heavy atom. The molecule has 1 aromatic heterocycles. The van der Waals surface area contributed by atoms with E-state index in [1.54, 1.807) is 13.2 Å². The third-order valence-corrected chi connectivity index (χ3v) is 3.33. The Labute approximate surface area is 119 Å². The molecule has 0 saturated carbocycles.